The molecule has 0 atom stereocenters. The Labute approximate surface area is 192 Å². The molecule has 0 spiro atoms. The molecule has 11 heteroatoms. The summed E-state index contributed by atoms with van der Waals surface area (Å²) in [5.41, 5.74) is 0.825. The molecule has 2 aliphatic heterocycles. The van der Waals surface area contributed by atoms with Crippen LogP contribution in [0.3, 0.4) is 0 Å². The number of hydrogen-bond acceptors (Lipinski definition) is 9. The second-order valence-corrected chi connectivity index (χ2v) is 7.39. The molecule has 0 bridgehead atoms. The van der Waals surface area contributed by atoms with Gasteiger partial charge in [0, 0.05) is 41.9 Å². The van der Waals surface area contributed by atoms with E-state index in [4.69, 9.17) is 18.7 Å². The number of rotatable bonds is 4. The van der Waals surface area contributed by atoms with Crippen molar-refractivity contribution in [3.8, 4) is 0 Å². The largest absolute Gasteiger partial charge is 0.466 e. The maximum atomic E-state index is 11.9. The van der Waals surface area contributed by atoms with Crippen LogP contribution < -0.4 is 21.9 Å². The molecular weight excluding hydrogens is 448 g/mol. The molecule has 11 nitrogen and oxygen atoms in total. The number of amides is 2. The average molecular weight is 470 g/mol. The summed E-state index contributed by atoms with van der Waals surface area (Å²) in [5, 5.41) is 14.1. The van der Waals surface area contributed by atoms with Crippen molar-refractivity contribution in [1.29, 1.82) is 0 Å². The van der Waals surface area contributed by atoms with Crippen LogP contribution in [0.1, 0.15) is 50.3 Å². The Morgan fingerprint density at radius 2 is 1.41 bits per heavy atom. The minimum Gasteiger partial charge on any atom is -0.466 e. The van der Waals surface area contributed by atoms with Gasteiger partial charge in [-0.3, -0.25) is 14.4 Å². The van der Waals surface area contributed by atoms with Crippen LogP contribution in [0.25, 0.3) is 0 Å². The summed E-state index contributed by atoms with van der Waals surface area (Å²) in [7, 11) is 0. The molecule has 0 fully saturated rings. The van der Waals surface area contributed by atoms with Gasteiger partial charge in [-0.15, -0.1) is 0 Å². The van der Waals surface area contributed by atoms with Crippen LogP contribution in [0.5, 0.6) is 0 Å². The Morgan fingerprint density at radius 3 is 1.88 bits per heavy atom. The number of aliphatic hydroxyl groups is 1. The number of ether oxygens (including phenoxy) is 1. The molecule has 3 N–H and O–H groups in total. The van der Waals surface area contributed by atoms with Crippen LogP contribution in [0.15, 0.2) is 55.1 Å². The standard InChI is InChI=1S/C13H13NO5.C10H9NO4/c1-3-18-10(15)5-8-6-11(16)19-9-4-7(2)14-13(17)12(8)9;1-5-2-7-9(10(14)11-5)6(4-12)3-8(13)15-7/h6H,2-5H2,1H3,(H,14,17);3,12H,1-2,4H2,(H,11,14). The molecule has 4 rings (SSSR count). The maximum Gasteiger partial charge on any atom is 0.336 e. The lowest BCUT2D eigenvalue weighted by Crippen LogP contribution is -2.32. The van der Waals surface area contributed by atoms with Crippen LogP contribution in [0, 0.1) is 0 Å². The van der Waals surface area contributed by atoms with Crippen molar-refractivity contribution < 1.29 is 33.1 Å². The Hall–Kier alpha value is -4.25. The summed E-state index contributed by atoms with van der Waals surface area (Å²) in [6.45, 7) is 8.78. The van der Waals surface area contributed by atoms with Crippen LogP contribution in [0.4, 0.5) is 0 Å². The third-order valence-electron chi connectivity index (χ3n) is 4.82. The van der Waals surface area contributed by atoms with Gasteiger partial charge in [-0.25, -0.2) is 9.59 Å². The van der Waals surface area contributed by atoms with Gasteiger partial charge >= 0.3 is 17.2 Å². The molecule has 0 aromatic carbocycles. The molecule has 178 valence electrons. The molecule has 0 radical (unpaired) electrons. The molecule has 2 amide bonds. The van der Waals surface area contributed by atoms with Crippen molar-refractivity contribution in [2.24, 2.45) is 0 Å². The minimum absolute atomic E-state index is 0.137. The molecule has 2 aromatic heterocycles. The van der Waals surface area contributed by atoms with E-state index in [0.29, 0.717) is 17.0 Å². The minimum atomic E-state index is -0.597. The number of carbonyl (C=O) groups is 3. The van der Waals surface area contributed by atoms with Crippen LogP contribution in [-0.4, -0.2) is 29.5 Å². The Morgan fingerprint density at radius 1 is 0.941 bits per heavy atom. The summed E-state index contributed by atoms with van der Waals surface area (Å²) in [6.07, 6.45) is 0.388. The molecule has 0 unspecified atom stereocenters. The van der Waals surface area contributed by atoms with E-state index in [9.17, 15) is 24.0 Å². The van der Waals surface area contributed by atoms with E-state index in [-0.39, 0.29) is 60.7 Å². The second-order valence-electron chi connectivity index (χ2n) is 7.39. The summed E-state index contributed by atoms with van der Waals surface area (Å²) in [6, 6.07) is 2.26. The van der Waals surface area contributed by atoms with Crippen molar-refractivity contribution in [2.45, 2.75) is 32.8 Å². The lowest BCUT2D eigenvalue weighted by molar-refractivity contribution is -0.142. The highest BCUT2D eigenvalue weighted by Gasteiger charge is 2.27. The van der Waals surface area contributed by atoms with Crippen molar-refractivity contribution in [2.75, 3.05) is 6.61 Å². The zero-order valence-electron chi connectivity index (χ0n) is 18.3. The van der Waals surface area contributed by atoms with Crippen LogP contribution >= 0.6 is 0 Å². The first-order chi connectivity index (χ1) is 16.1. The zero-order valence-corrected chi connectivity index (χ0v) is 18.3. The third-order valence-corrected chi connectivity index (χ3v) is 4.82. The summed E-state index contributed by atoms with van der Waals surface area (Å²) < 4.78 is 14.7. The number of fused-ring (bicyclic) bond motifs is 2. The van der Waals surface area contributed by atoms with Gasteiger partial charge in [0.1, 0.15) is 11.5 Å². The first-order valence-electron chi connectivity index (χ1n) is 10.2. The normalized spacial score (nSPS) is 14.2. The van der Waals surface area contributed by atoms with Crippen molar-refractivity contribution >= 4 is 17.8 Å². The van der Waals surface area contributed by atoms with Crippen molar-refractivity contribution in [3.05, 3.63) is 91.3 Å². The molecular formula is C23H22N2O9. The Balaban J connectivity index is 0.000000196. The Kier molecular flexibility index (Phi) is 7.27. The smallest absolute Gasteiger partial charge is 0.336 e. The third kappa shape index (κ3) is 5.38. The monoisotopic (exact) mass is 470 g/mol. The van der Waals surface area contributed by atoms with Crippen molar-refractivity contribution in [3.63, 3.8) is 0 Å². The molecule has 0 saturated carbocycles. The van der Waals surface area contributed by atoms with Gasteiger partial charge in [0.25, 0.3) is 11.8 Å². The highest BCUT2D eigenvalue weighted by Crippen LogP contribution is 2.21. The van der Waals surface area contributed by atoms with Gasteiger partial charge in [-0.05, 0) is 12.5 Å². The van der Waals surface area contributed by atoms with E-state index >= 15 is 0 Å². The SMILES string of the molecule is C=C1Cc2oc(=O)cc(CC(=O)OCC)c2C(=O)N1.C=C1Cc2oc(=O)cc(CO)c2C(=O)N1. The fourth-order valence-electron chi connectivity index (χ4n) is 3.54. The van der Waals surface area contributed by atoms with E-state index < -0.39 is 29.0 Å². The first kappa shape index (κ1) is 24.4. The van der Waals surface area contributed by atoms with Gasteiger partial charge in [0.05, 0.1) is 30.8 Å². The molecule has 0 saturated heterocycles. The zero-order chi connectivity index (χ0) is 25.0. The number of nitrogens with one attached hydrogen (secondary N) is 2. The predicted octanol–water partition coefficient (Wildman–Crippen LogP) is 0.477. The highest BCUT2D eigenvalue weighted by molar-refractivity contribution is 6.00. The number of allylic oxidation sites excluding steroid dienone is 2. The van der Waals surface area contributed by atoms with Gasteiger partial charge in [0.2, 0.25) is 0 Å². The van der Waals surface area contributed by atoms with E-state index in [1.807, 2.05) is 0 Å². The topological polar surface area (TPSA) is 165 Å². The fourth-order valence-corrected chi connectivity index (χ4v) is 3.54. The maximum absolute atomic E-state index is 11.9. The van der Waals surface area contributed by atoms with Crippen LogP contribution in [0.2, 0.25) is 0 Å². The summed E-state index contributed by atoms with van der Waals surface area (Å²) in [5.74, 6) is -0.809. The average Bonchev–Trinajstić information content (AvgIpc) is 2.72. The molecule has 2 aromatic rings. The van der Waals surface area contributed by atoms with Crippen LogP contribution in [-0.2, 0) is 35.4 Å². The predicted molar refractivity (Wildman–Crippen MR) is 117 cm³/mol. The molecule has 34 heavy (non-hydrogen) atoms. The first-order valence-corrected chi connectivity index (χ1v) is 10.2. The van der Waals surface area contributed by atoms with Gasteiger partial charge in [-0.1, -0.05) is 13.2 Å². The van der Waals surface area contributed by atoms with E-state index in [1.165, 1.54) is 0 Å². The van der Waals surface area contributed by atoms with E-state index in [1.54, 1.807) is 6.92 Å². The van der Waals surface area contributed by atoms with E-state index in [2.05, 4.69) is 23.8 Å². The number of esters is 1. The summed E-state index contributed by atoms with van der Waals surface area (Å²) in [4.78, 5) is 57.4. The molecule has 4 heterocycles. The number of aliphatic hydroxyl groups excluding tert-OH is 1. The fraction of sp³-hybridized carbons (Fsp3) is 0.261. The van der Waals surface area contributed by atoms with Gasteiger partial charge in [0.15, 0.2) is 0 Å². The van der Waals surface area contributed by atoms with Gasteiger partial charge < -0.3 is 29.3 Å². The lowest BCUT2D eigenvalue weighted by Gasteiger charge is -2.19. The highest BCUT2D eigenvalue weighted by atomic mass is 16.5. The number of hydrogen-bond donors (Lipinski definition) is 3. The summed E-state index contributed by atoms with van der Waals surface area (Å²) >= 11 is 0. The van der Waals surface area contributed by atoms with Crippen molar-refractivity contribution in [1.82, 2.24) is 10.6 Å². The quantitative estimate of drug-likeness (QED) is 0.539. The molecule has 2 aliphatic rings. The van der Waals surface area contributed by atoms with Gasteiger partial charge in [-0.2, -0.15) is 0 Å². The Bertz CT molecular complexity index is 1320. The molecule has 0 aliphatic carbocycles. The number of carbonyl (C=O) groups excluding carboxylic acids is 3. The second kappa shape index (κ2) is 10.1. The van der Waals surface area contributed by atoms with E-state index in [0.717, 1.165) is 12.1 Å². The lowest BCUT2D eigenvalue weighted by atomic mass is 9.99.